The van der Waals surface area contributed by atoms with Gasteiger partial charge in [-0.1, -0.05) is 59.7 Å². The van der Waals surface area contributed by atoms with Crippen LogP contribution in [-0.4, -0.2) is 10.9 Å². The van der Waals surface area contributed by atoms with Crippen LogP contribution in [0.15, 0.2) is 78.2 Å². The predicted molar refractivity (Wildman–Crippen MR) is 117 cm³/mol. The summed E-state index contributed by atoms with van der Waals surface area (Å²) < 4.78 is 0. The zero-order valence-electron chi connectivity index (χ0n) is 15.8. The molecule has 0 spiro atoms. The molecule has 28 heavy (non-hydrogen) atoms. The van der Waals surface area contributed by atoms with Gasteiger partial charge in [0, 0.05) is 27.8 Å². The van der Waals surface area contributed by atoms with Gasteiger partial charge < -0.3 is 5.32 Å². The molecule has 4 aromatic rings. The Kier molecular flexibility index (Phi) is 5.04. The lowest BCUT2D eigenvalue weighted by atomic mass is 10.1. The number of aromatic nitrogens is 1. The lowest BCUT2D eigenvalue weighted by molar-refractivity contribution is 0.102. The van der Waals surface area contributed by atoms with E-state index in [4.69, 9.17) is 4.98 Å². The fourth-order valence-electron chi connectivity index (χ4n) is 3.18. The number of nitrogens with zero attached hydrogens (tertiary/aromatic N) is 1. The van der Waals surface area contributed by atoms with Crippen LogP contribution < -0.4 is 5.32 Å². The second-order valence-electron chi connectivity index (χ2n) is 6.82. The Hall–Kier alpha value is -3.24. The molecule has 3 nitrogen and oxygen atoms in total. The number of anilines is 1. The van der Waals surface area contributed by atoms with Crippen LogP contribution in [0.1, 0.15) is 21.5 Å². The largest absolute Gasteiger partial charge is 0.322 e. The zero-order chi connectivity index (χ0) is 19.5. The first-order valence-electron chi connectivity index (χ1n) is 9.09. The maximum atomic E-state index is 12.6. The molecular formula is C24H20N2OS. The number of amides is 1. The van der Waals surface area contributed by atoms with Crippen LogP contribution in [0.3, 0.4) is 0 Å². The topological polar surface area (TPSA) is 42.0 Å². The van der Waals surface area contributed by atoms with E-state index >= 15 is 0 Å². The fourth-order valence-corrected chi connectivity index (χ4v) is 4.02. The Morgan fingerprint density at radius 3 is 2.32 bits per heavy atom. The van der Waals surface area contributed by atoms with Crippen molar-refractivity contribution in [2.24, 2.45) is 0 Å². The van der Waals surface area contributed by atoms with E-state index in [1.54, 1.807) is 11.3 Å². The average Bonchev–Trinajstić information content (AvgIpc) is 3.18. The molecule has 3 aromatic carbocycles. The van der Waals surface area contributed by atoms with E-state index < -0.39 is 0 Å². The van der Waals surface area contributed by atoms with Crippen LogP contribution >= 0.6 is 11.3 Å². The molecule has 0 unspecified atom stereocenters. The third kappa shape index (κ3) is 4.02. The summed E-state index contributed by atoms with van der Waals surface area (Å²) in [4.78, 5) is 17.4. The number of carbonyl (C=O) groups excluding carboxylic acids is 1. The van der Waals surface area contributed by atoms with Gasteiger partial charge in [-0.2, -0.15) is 0 Å². The third-order valence-electron chi connectivity index (χ3n) is 4.43. The van der Waals surface area contributed by atoms with Crippen molar-refractivity contribution in [3.63, 3.8) is 0 Å². The maximum absolute atomic E-state index is 12.6. The molecule has 0 aliphatic carbocycles. The highest BCUT2D eigenvalue weighted by Gasteiger charge is 2.10. The van der Waals surface area contributed by atoms with Crippen molar-refractivity contribution in [1.29, 1.82) is 0 Å². The lowest BCUT2D eigenvalue weighted by Gasteiger charge is -2.08. The first kappa shape index (κ1) is 18.1. The van der Waals surface area contributed by atoms with Crippen LogP contribution in [0.2, 0.25) is 0 Å². The number of aryl methyl sites for hydroxylation is 2. The van der Waals surface area contributed by atoms with Gasteiger partial charge in [0.1, 0.15) is 5.01 Å². The molecule has 1 amide bonds. The standard InChI is InChI=1S/C24H20N2OS/c1-16-11-17(2)13-20(12-16)23(27)25-21-10-6-9-19(14-21)22-15-28-24(26-22)18-7-4-3-5-8-18/h3-15H,1-2H3,(H,25,27). The number of benzene rings is 3. The van der Waals surface area contributed by atoms with Gasteiger partial charge in [-0.15, -0.1) is 11.3 Å². The quantitative estimate of drug-likeness (QED) is 0.446. The highest BCUT2D eigenvalue weighted by molar-refractivity contribution is 7.13. The van der Waals surface area contributed by atoms with Crippen molar-refractivity contribution in [3.05, 3.63) is 94.9 Å². The second kappa shape index (κ2) is 7.79. The Balaban J connectivity index is 1.57. The fraction of sp³-hybridized carbons (Fsp3) is 0.0833. The Morgan fingerprint density at radius 2 is 1.57 bits per heavy atom. The van der Waals surface area contributed by atoms with E-state index in [9.17, 15) is 4.79 Å². The van der Waals surface area contributed by atoms with Gasteiger partial charge in [-0.3, -0.25) is 4.79 Å². The van der Waals surface area contributed by atoms with Crippen LogP contribution in [0.25, 0.3) is 21.8 Å². The summed E-state index contributed by atoms with van der Waals surface area (Å²) in [5.74, 6) is -0.104. The van der Waals surface area contributed by atoms with E-state index in [1.807, 2.05) is 73.8 Å². The molecule has 0 saturated carbocycles. The summed E-state index contributed by atoms with van der Waals surface area (Å²) in [6.07, 6.45) is 0. The molecule has 0 saturated heterocycles. The summed E-state index contributed by atoms with van der Waals surface area (Å²) in [6, 6.07) is 23.8. The van der Waals surface area contributed by atoms with Gasteiger partial charge in [-0.25, -0.2) is 4.98 Å². The predicted octanol–water partition coefficient (Wildman–Crippen LogP) is 6.35. The molecule has 1 aromatic heterocycles. The summed E-state index contributed by atoms with van der Waals surface area (Å²) in [7, 11) is 0. The normalized spacial score (nSPS) is 10.6. The Morgan fingerprint density at radius 1 is 0.857 bits per heavy atom. The van der Waals surface area contributed by atoms with Crippen LogP contribution in [0.4, 0.5) is 5.69 Å². The summed E-state index contributed by atoms with van der Waals surface area (Å²) in [6.45, 7) is 3.99. The summed E-state index contributed by atoms with van der Waals surface area (Å²) >= 11 is 1.62. The van der Waals surface area contributed by atoms with E-state index in [2.05, 4.69) is 23.5 Å². The molecule has 0 aliphatic heterocycles. The number of nitrogens with one attached hydrogen (secondary N) is 1. The molecule has 138 valence electrons. The van der Waals surface area contributed by atoms with E-state index in [1.165, 1.54) is 0 Å². The van der Waals surface area contributed by atoms with Gasteiger partial charge in [-0.05, 0) is 38.1 Å². The lowest BCUT2D eigenvalue weighted by Crippen LogP contribution is -2.12. The van der Waals surface area contributed by atoms with Gasteiger partial charge >= 0.3 is 0 Å². The first-order chi connectivity index (χ1) is 13.6. The number of hydrogen-bond acceptors (Lipinski definition) is 3. The number of thiazole rings is 1. The monoisotopic (exact) mass is 384 g/mol. The smallest absolute Gasteiger partial charge is 0.255 e. The van der Waals surface area contributed by atoms with Crippen LogP contribution in [-0.2, 0) is 0 Å². The summed E-state index contributed by atoms with van der Waals surface area (Å²) in [5, 5.41) is 6.03. The van der Waals surface area contributed by atoms with Crippen molar-refractivity contribution in [2.75, 3.05) is 5.32 Å². The van der Waals surface area contributed by atoms with Gasteiger partial charge in [0.15, 0.2) is 0 Å². The van der Waals surface area contributed by atoms with Gasteiger partial charge in [0.2, 0.25) is 0 Å². The average molecular weight is 385 g/mol. The number of hydrogen-bond donors (Lipinski definition) is 1. The van der Waals surface area contributed by atoms with Gasteiger partial charge in [0.25, 0.3) is 5.91 Å². The maximum Gasteiger partial charge on any atom is 0.255 e. The zero-order valence-corrected chi connectivity index (χ0v) is 16.6. The first-order valence-corrected chi connectivity index (χ1v) is 9.97. The molecule has 1 heterocycles. The molecule has 4 heteroatoms. The number of rotatable bonds is 4. The highest BCUT2D eigenvalue weighted by Crippen LogP contribution is 2.30. The Bertz CT molecular complexity index is 1110. The molecule has 0 atom stereocenters. The van der Waals surface area contributed by atoms with Crippen LogP contribution in [0, 0.1) is 13.8 Å². The molecule has 1 N–H and O–H groups in total. The number of carbonyl (C=O) groups is 1. The minimum absolute atomic E-state index is 0.104. The minimum atomic E-state index is -0.104. The van der Waals surface area contributed by atoms with Crippen molar-refractivity contribution in [1.82, 2.24) is 4.98 Å². The summed E-state index contributed by atoms with van der Waals surface area (Å²) in [5.41, 5.74) is 6.59. The highest BCUT2D eigenvalue weighted by atomic mass is 32.1. The van der Waals surface area contributed by atoms with E-state index in [0.29, 0.717) is 5.56 Å². The van der Waals surface area contributed by atoms with Crippen LogP contribution in [0.5, 0.6) is 0 Å². The SMILES string of the molecule is Cc1cc(C)cc(C(=O)Nc2cccc(-c3csc(-c4ccccc4)n3)c2)c1. The molecule has 0 radical (unpaired) electrons. The van der Waals surface area contributed by atoms with Gasteiger partial charge in [0.05, 0.1) is 5.69 Å². The Labute approximate surface area is 168 Å². The molecule has 0 aliphatic rings. The second-order valence-corrected chi connectivity index (χ2v) is 7.67. The van der Waals surface area contributed by atoms with E-state index in [0.717, 1.165) is 38.6 Å². The molecular weight excluding hydrogens is 364 g/mol. The molecule has 0 fully saturated rings. The molecule has 0 bridgehead atoms. The minimum Gasteiger partial charge on any atom is -0.322 e. The van der Waals surface area contributed by atoms with E-state index in [-0.39, 0.29) is 5.91 Å². The third-order valence-corrected chi connectivity index (χ3v) is 5.32. The van der Waals surface area contributed by atoms with Crippen molar-refractivity contribution in [3.8, 4) is 21.8 Å². The van der Waals surface area contributed by atoms with Crippen molar-refractivity contribution < 1.29 is 4.79 Å². The van der Waals surface area contributed by atoms with Crippen molar-refractivity contribution >= 4 is 22.9 Å². The molecule has 4 rings (SSSR count). The van der Waals surface area contributed by atoms with Crippen molar-refractivity contribution in [2.45, 2.75) is 13.8 Å².